The molecule has 0 bridgehead atoms. The summed E-state index contributed by atoms with van der Waals surface area (Å²) in [4.78, 5) is 33.7. The predicted octanol–water partition coefficient (Wildman–Crippen LogP) is 3.74. The van der Waals surface area contributed by atoms with Gasteiger partial charge in [0.25, 0.3) is 0 Å². The van der Waals surface area contributed by atoms with Crippen LogP contribution in [0.25, 0.3) is 11.3 Å². The van der Waals surface area contributed by atoms with Crippen LogP contribution in [0.5, 0.6) is 0 Å². The van der Waals surface area contributed by atoms with Crippen molar-refractivity contribution in [2.75, 3.05) is 14.2 Å². The zero-order chi connectivity index (χ0) is 20.1. The molecule has 0 aliphatic heterocycles. The van der Waals surface area contributed by atoms with Crippen LogP contribution in [0.2, 0.25) is 0 Å². The summed E-state index contributed by atoms with van der Waals surface area (Å²) in [5, 5.41) is 2.60. The number of imidazole rings is 1. The molecule has 1 aromatic heterocycles. The third kappa shape index (κ3) is 5.09. The van der Waals surface area contributed by atoms with Crippen LogP contribution in [0.4, 0.5) is 4.79 Å². The average molecular weight is 437 g/mol. The Morgan fingerprint density at radius 1 is 1.22 bits per heavy atom. The van der Waals surface area contributed by atoms with Crippen molar-refractivity contribution in [3.05, 3.63) is 40.8 Å². The number of aromatic nitrogens is 2. The number of likely N-dealkylation sites (N-methyl/N-ethyl adjacent to an activating group) is 1. The highest BCUT2D eigenvalue weighted by atomic mass is 79.9. The van der Waals surface area contributed by atoms with Gasteiger partial charge >= 0.3 is 6.09 Å². The molecule has 8 heteroatoms. The normalized spacial score (nSPS) is 13.1. The van der Waals surface area contributed by atoms with Gasteiger partial charge in [0.2, 0.25) is 5.91 Å². The molecule has 2 rings (SSSR count). The summed E-state index contributed by atoms with van der Waals surface area (Å²) in [6.07, 6.45) is 1.12. The van der Waals surface area contributed by atoms with Gasteiger partial charge in [-0.25, -0.2) is 9.78 Å². The maximum atomic E-state index is 12.9. The first-order valence-corrected chi connectivity index (χ1v) is 9.45. The van der Waals surface area contributed by atoms with Gasteiger partial charge in [0, 0.05) is 11.5 Å². The molecular weight excluding hydrogens is 412 g/mol. The largest absolute Gasteiger partial charge is 0.453 e. The van der Waals surface area contributed by atoms with E-state index in [-0.39, 0.29) is 17.9 Å². The number of ether oxygens (including phenoxy) is 1. The lowest BCUT2D eigenvalue weighted by atomic mass is 10.0. The van der Waals surface area contributed by atoms with Crippen LogP contribution in [-0.4, -0.2) is 47.1 Å². The fourth-order valence-electron chi connectivity index (χ4n) is 2.62. The number of nitrogens with zero attached hydrogens (tertiary/aromatic N) is 2. The highest BCUT2D eigenvalue weighted by molar-refractivity contribution is 9.10. The van der Waals surface area contributed by atoms with Crippen molar-refractivity contribution in [3.63, 3.8) is 0 Å². The molecule has 146 valence electrons. The van der Waals surface area contributed by atoms with Crippen LogP contribution in [0, 0.1) is 5.92 Å². The lowest BCUT2D eigenvalue weighted by Crippen LogP contribution is -2.50. The van der Waals surface area contributed by atoms with Gasteiger partial charge in [-0.1, -0.05) is 41.9 Å². The Labute approximate surface area is 167 Å². The molecule has 2 unspecified atom stereocenters. The number of alkyl carbamates (subject to hydrolysis) is 1. The number of H-pyrrole nitrogens is 1. The zero-order valence-electron chi connectivity index (χ0n) is 16.1. The van der Waals surface area contributed by atoms with Gasteiger partial charge in [0.15, 0.2) is 0 Å². The van der Waals surface area contributed by atoms with Gasteiger partial charge in [-0.05, 0) is 30.5 Å². The summed E-state index contributed by atoms with van der Waals surface area (Å²) in [6.45, 7) is 5.63. The van der Waals surface area contributed by atoms with Gasteiger partial charge < -0.3 is 19.9 Å². The van der Waals surface area contributed by atoms with Gasteiger partial charge in [-0.3, -0.25) is 4.79 Å². The number of amides is 2. The molecule has 0 aliphatic carbocycles. The minimum atomic E-state index is -0.675. The van der Waals surface area contributed by atoms with Crippen molar-refractivity contribution in [1.29, 1.82) is 0 Å². The number of rotatable bonds is 6. The second-order valence-corrected chi connectivity index (χ2v) is 7.59. The minimum Gasteiger partial charge on any atom is -0.453 e. The number of nitrogens with one attached hydrogen (secondary N) is 2. The SMILES string of the molecule is COC(=O)NC(C(=O)N(C)C(C)c1ncc(-c2ccc(Br)cc2)[nH]1)C(C)C. The molecule has 0 aliphatic rings. The summed E-state index contributed by atoms with van der Waals surface area (Å²) in [7, 11) is 2.97. The van der Waals surface area contributed by atoms with E-state index < -0.39 is 12.1 Å². The zero-order valence-corrected chi connectivity index (χ0v) is 17.7. The molecule has 0 spiro atoms. The number of aromatic amines is 1. The first-order chi connectivity index (χ1) is 12.7. The lowest BCUT2D eigenvalue weighted by molar-refractivity contribution is -0.135. The summed E-state index contributed by atoms with van der Waals surface area (Å²) >= 11 is 3.42. The lowest BCUT2D eigenvalue weighted by Gasteiger charge is -2.30. The van der Waals surface area contributed by atoms with Crippen molar-refractivity contribution in [3.8, 4) is 11.3 Å². The van der Waals surface area contributed by atoms with Crippen LogP contribution < -0.4 is 5.32 Å². The summed E-state index contributed by atoms with van der Waals surface area (Å²) in [6, 6.07) is 6.92. The highest BCUT2D eigenvalue weighted by Gasteiger charge is 2.30. The summed E-state index contributed by atoms with van der Waals surface area (Å²) < 4.78 is 5.63. The second kappa shape index (κ2) is 9.03. The second-order valence-electron chi connectivity index (χ2n) is 6.67. The van der Waals surface area contributed by atoms with E-state index in [4.69, 9.17) is 0 Å². The van der Waals surface area contributed by atoms with Gasteiger partial charge in [-0.15, -0.1) is 0 Å². The Kier molecular flexibility index (Phi) is 7.01. The highest BCUT2D eigenvalue weighted by Crippen LogP contribution is 2.24. The Balaban J connectivity index is 2.16. The number of methoxy groups -OCH3 is 1. The fourth-order valence-corrected chi connectivity index (χ4v) is 2.88. The van der Waals surface area contributed by atoms with Crippen LogP contribution in [0.1, 0.15) is 32.6 Å². The van der Waals surface area contributed by atoms with E-state index in [1.54, 1.807) is 18.1 Å². The maximum absolute atomic E-state index is 12.9. The van der Waals surface area contributed by atoms with Crippen molar-refractivity contribution in [2.45, 2.75) is 32.9 Å². The van der Waals surface area contributed by atoms with Crippen molar-refractivity contribution < 1.29 is 14.3 Å². The van der Waals surface area contributed by atoms with Crippen LogP contribution in [0.15, 0.2) is 34.9 Å². The smallest absolute Gasteiger partial charge is 0.407 e. The van der Waals surface area contributed by atoms with E-state index in [0.29, 0.717) is 5.82 Å². The van der Waals surface area contributed by atoms with Crippen molar-refractivity contribution in [2.24, 2.45) is 5.92 Å². The third-order valence-electron chi connectivity index (χ3n) is 4.47. The number of halogens is 1. The number of carbonyl (C=O) groups is 2. The standard InChI is InChI=1S/C19H25BrN4O3/c1-11(2)16(23-19(26)27-5)18(25)24(4)12(3)17-21-10-15(22-17)13-6-8-14(20)9-7-13/h6-12,16H,1-5H3,(H,21,22)(H,23,26). The molecule has 2 amide bonds. The summed E-state index contributed by atoms with van der Waals surface area (Å²) in [5.74, 6) is 0.384. The molecule has 2 aromatic rings. The fraction of sp³-hybridized carbons (Fsp3) is 0.421. The molecule has 1 aromatic carbocycles. The average Bonchev–Trinajstić information content (AvgIpc) is 3.14. The third-order valence-corrected chi connectivity index (χ3v) is 5.00. The number of benzene rings is 1. The van der Waals surface area contributed by atoms with Crippen LogP contribution in [0.3, 0.4) is 0 Å². The number of hydrogen-bond donors (Lipinski definition) is 2. The molecule has 0 radical (unpaired) electrons. The van der Waals surface area contributed by atoms with E-state index in [0.717, 1.165) is 15.7 Å². The van der Waals surface area contributed by atoms with Gasteiger partial charge in [-0.2, -0.15) is 0 Å². The monoisotopic (exact) mass is 436 g/mol. The van der Waals surface area contributed by atoms with E-state index in [1.807, 2.05) is 45.0 Å². The number of hydrogen-bond acceptors (Lipinski definition) is 4. The van der Waals surface area contributed by atoms with Crippen molar-refractivity contribution in [1.82, 2.24) is 20.2 Å². The molecule has 0 fully saturated rings. The van der Waals surface area contributed by atoms with Gasteiger partial charge in [0.05, 0.1) is 25.0 Å². The molecule has 2 atom stereocenters. The first kappa shape index (κ1) is 21.0. The molecule has 0 saturated carbocycles. The van der Waals surface area contributed by atoms with E-state index in [9.17, 15) is 9.59 Å². The first-order valence-electron chi connectivity index (χ1n) is 8.66. The van der Waals surface area contributed by atoms with Gasteiger partial charge in [0.1, 0.15) is 11.9 Å². The Morgan fingerprint density at radius 3 is 2.41 bits per heavy atom. The van der Waals surface area contributed by atoms with Crippen LogP contribution in [-0.2, 0) is 9.53 Å². The Hall–Kier alpha value is -2.35. The number of carbonyl (C=O) groups excluding carboxylic acids is 2. The molecule has 2 N–H and O–H groups in total. The maximum Gasteiger partial charge on any atom is 0.407 e. The Morgan fingerprint density at radius 2 is 1.85 bits per heavy atom. The van der Waals surface area contributed by atoms with Crippen LogP contribution >= 0.6 is 15.9 Å². The molecule has 7 nitrogen and oxygen atoms in total. The minimum absolute atomic E-state index is 0.0822. The van der Waals surface area contributed by atoms with E-state index >= 15 is 0 Å². The molecule has 27 heavy (non-hydrogen) atoms. The predicted molar refractivity (Wildman–Crippen MR) is 107 cm³/mol. The summed E-state index contributed by atoms with van der Waals surface area (Å²) in [5.41, 5.74) is 1.88. The molecular formula is C19H25BrN4O3. The Bertz CT molecular complexity index is 789. The topological polar surface area (TPSA) is 87.3 Å². The van der Waals surface area contributed by atoms with Crippen molar-refractivity contribution >= 4 is 27.9 Å². The molecule has 0 saturated heterocycles. The molecule has 1 heterocycles. The van der Waals surface area contributed by atoms with E-state index in [1.165, 1.54) is 7.11 Å². The van der Waals surface area contributed by atoms with E-state index in [2.05, 4.69) is 36.0 Å². The quantitative estimate of drug-likeness (QED) is 0.721.